The zero-order valence-electron chi connectivity index (χ0n) is 12.4. The van der Waals surface area contributed by atoms with Crippen LogP contribution in [0.5, 0.6) is 0 Å². The molecule has 1 aliphatic rings. The third kappa shape index (κ3) is 3.91. The molecule has 0 amide bonds. The van der Waals surface area contributed by atoms with Crippen LogP contribution in [0.15, 0.2) is 24.3 Å². The molecule has 1 aromatic rings. The number of rotatable bonds is 5. The van der Waals surface area contributed by atoms with Crippen molar-refractivity contribution < 1.29 is 19.4 Å². The van der Waals surface area contributed by atoms with Crippen LogP contribution < -0.4 is 0 Å². The summed E-state index contributed by atoms with van der Waals surface area (Å²) in [7, 11) is 0. The zero-order chi connectivity index (χ0) is 15.3. The number of ketones is 1. The fraction of sp³-hybridized carbons (Fsp3) is 0.529. The van der Waals surface area contributed by atoms with Gasteiger partial charge in [0.05, 0.1) is 0 Å². The van der Waals surface area contributed by atoms with Gasteiger partial charge in [0.1, 0.15) is 12.2 Å². The minimum absolute atomic E-state index is 0.199. The Labute approximate surface area is 125 Å². The largest absolute Gasteiger partial charge is 0.454 e. The van der Waals surface area contributed by atoms with Crippen molar-refractivity contribution >= 4 is 11.8 Å². The first kappa shape index (κ1) is 15.7. The molecular formula is C17H22O4. The summed E-state index contributed by atoms with van der Waals surface area (Å²) in [6, 6.07) is 7.63. The van der Waals surface area contributed by atoms with Gasteiger partial charge in [0, 0.05) is 13.3 Å². The first-order chi connectivity index (χ1) is 10.1. The number of aliphatic hydroxyl groups is 1. The molecule has 0 atom stereocenters. The number of esters is 1. The van der Waals surface area contributed by atoms with Gasteiger partial charge in [0.25, 0.3) is 0 Å². The van der Waals surface area contributed by atoms with Gasteiger partial charge in [0.2, 0.25) is 0 Å². The molecule has 4 heteroatoms. The molecule has 2 rings (SSSR count). The van der Waals surface area contributed by atoms with Crippen molar-refractivity contribution in [3.05, 3.63) is 35.4 Å². The standard InChI is InChI=1S/C17H22O4/c1-13(19)21-17(9-3-2-4-10-17)15-7-5-14(6-8-15)11-16(20)12-18/h5-8,18H,2-4,9-12H2,1H3. The second kappa shape index (κ2) is 6.85. The third-order valence-corrected chi connectivity index (χ3v) is 4.06. The van der Waals surface area contributed by atoms with Crippen LogP contribution in [0.25, 0.3) is 0 Å². The number of Topliss-reactive ketones (excluding diaryl/α,β-unsaturated/α-hetero) is 1. The van der Waals surface area contributed by atoms with Crippen LogP contribution in [0.4, 0.5) is 0 Å². The van der Waals surface area contributed by atoms with E-state index in [4.69, 9.17) is 9.84 Å². The van der Waals surface area contributed by atoms with Crippen molar-refractivity contribution in [2.75, 3.05) is 6.61 Å². The average Bonchev–Trinajstić information content (AvgIpc) is 2.48. The van der Waals surface area contributed by atoms with Crippen molar-refractivity contribution in [1.82, 2.24) is 0 Å². The molecule has 0 unspecified atom stereocenters. The van der Waals surface area contributed by atoms with E-state index in [9.17, 15) is 9.59 Å². The second-order valence-corrected chi connectivity index (χ2v) is 5.72. The Bertz CT molecular complexity index is 498. The molecule has 0 heterocycles. The van der Waals surface area contributed by atoms with Gasteiger partial charge in [0.15, 0.2) is 5.78 Å². The molecule has 1 N–H and O–H groups in total. The summed E-state index contributed by atoms with van der Waals surface area (Å²) in [5.74, 6) is -0.452. The number of carbonyl (C=O) groups is 2. The topological polar surface area (TPSA) is 63.6 Å². The van der Waals surface area contributed by atoms with E-state index >= 15 is 0 Å². The second-order valence-electron chi connectivity index (χ2n) is 5.72. The molecule has 4 nitrogen and oxygen atoms in total. The lowest BCUT2D eigenvalue weighted by Crippen LogP contribution is -2.34. The Hall–Kier alpha value is -1.68. The number of benzene rings is 1. The molecule has 1 aromatic carbocycles. The highest BCUT2D eigenvalue weighted by atomic mass is 16.6. The van der Waals surface area contributed by atoms with Crippen molar-refractivity contribution in [1.29, 1.82) is 0 Å². The normalized spacial score (nSPS) is 17.2. The predicted octanol–water partition coefficient (Wildman–Crippen LogP) is 2.51. The van der Waals surface area contributed by atoms with Crippen LogP contribution in [-0.2, 0) is 26.3 Å². The van der Waals surface area contributed by atoms with E-state index in [2.05, 4.69) is 0 Å². The van der Waals surface area contributed by atoms with Crippen LogP contribution in [0.1, 0.15) is 50.2 Å². The first-order valence-corrected chi connectivity index (χ1v) is 7.47. The van der Waals surface area contributed by atoms with Gasteiger partial charge in [-0.3, -0.25) is 9.59 Å². The van der Waals surface area contributed by atoms with Gasteiger partial charge in [-0.15, -0.1) is 0 Å². The first-order valence-electron chi connectivity index (χ1n) is 7.47. The summed E-state index contributed by atoms with van der Waals surface area (Å²) in [5.41, 5.74) is 1.35. The van der Waals surface area contributed by atoms with E-state index < -0.39 is 12.2 Å². The van der Waals surface area contributed by atoms with Crippen molar-refractivity contribution in [3.8, 4) is 0 Å². The molecule has 1 fully saturated rings. The number of carbonyl (C=O) groups excluding carboxylic acids is 2. The fourth-order valence-corrected chi connectivity index (χ4v) is 3.06. The maximum atomic E-state index is 11.4. The van der Waals surface area contributed by atoms with Crippen LogP contribution >= 0.6 is 0 Å². The fourth-order valence-electron chi connectivity index (χ4n) is 3.06. The van der Waals surface area contributed by atoms with Gasteiger partial charge in [-0.1, -0.05) is 30.7 Å². The number of aliphatic hydroxyl groups excluding tert-OH is 1. The molecule has 114 valence electrons. The number of hydrogen-bond acceptors (Lipinski definition) is 4. The molecule has 0 saturated heterocycles. The highest BCUT2D eigenvalue weighted by Crippen LogP contribution is 2.40. The van der Waals surface area contributed by atoms with E-state index in [1.54, 1.807) is 0 Å². The number of hydrogen-bond donors (Lipinski definition) is 1. The Kier molecular flexibility index (Phi) is 5.12. The maximum absolute atomic E-state index is 11.4. The average molecular weight is 290 g/mol. The lowest BCUT2D eigenvalue weighted by atomic mass is 9.79. The van der Waals surface area contributed by atoms with Crippen molar-refractivity contribution in [2.45, 2.75) is 51.0 Å². The lowest BCUT2D eigenvalue weighted by molar-refractivity contribution is -0.162. The minimum atomic E-state index is -0.510. The Morgan fingerprint density at radius 1 is 1.14 bits per heavy atom. The highest BCUT2D eigenvalue weighted by Gasteiger charge is 2.36. The third-order valence-electron chi connectivity index (χ3n) is 4.06. The monoisotopic (exact) mass is 290 g/mol. The summed E-state index contributed by atoms with van der Waals surface area (Å²) in [4.78, 5) is 22.7. The van der Waals surface area contributed by atoms with Crippen molar-refractivity contribution in [3.63, 3.8) is 0 Å². The minimum Gasteiger partial charge on any atom is -0.454 e. The number of ether oxygens (including phenoxy) is 1. The SMILES string of the molecule is CC(=O)OC1(c2ccc(CC(=O)CO)cc2)CCCCC1. The summed E-state index contributed by atoms with van der Waals surface area (Å²) in [5, 5.41) is 8.79. The summed E-state index contributed by atoms with van der Waals surface area (Å²) in [6.07, 6.45) is 5.21. The van der Waals surface area contributed by atoms with E-state index in [1.807, 2.05) is 24.3 Å². The van der Waals surface area contributed by atoms with Crippen LogP contribution in [0, 0.1) is 0 Å². The van der Waals surface area contributed by atoms with E-state index in [0.717, 1.165) is 36.8 Å². The van der Waals surface area contributed by atoms with E-state index in [1.165, 1.54) is 13.3 Å². The molecule has 0 radical (unpaired) electrons. The molecule has 21 heavy (non-hydrogen) atoms. The predicted molar refractivity (Wildman–Crippen MR) is 78.8 cm³/mol. The molecular weight excluding hydrogens is 268 g/mol. The van der Waals surface area contributed by atoms with Gasteiger partial charge in [-0.25, -0.2) is 0 Å². The van der Waals surface area contributed by atoms with Crippen LogP contribution in [-0.4, -0.2) is 23.5 Å². The molecule has 0 spiro atoms. The summed E-state index contributed by atoms with van der Waals surface area (Å²) in [6.45, 7) is 1.02. The van der Waals surface area contributed by atoms with Crippen molar-refractivity contribution in [2.24, 2.45) is 0 Å². The molecule has 1 aliphatic carbocycles. The van der Waals surface area contributed by atoms with Gasteiger partial charge in [-0.05, 0) is 36.8 Å². The lowest BCUT2D eigenvalue weighted by Gasteiger charge is -2.37. The van der Waals surface area contributed by atoms with Crippen LogP contribution in [0.2, 0.25) is 0 Å². The Morgan fingerprint density at radius 3 is 2.29 bits per heavy atom. The molecule has 0 bridgehead atoms. The van der Waals surface area contributed by atoms with Gasteiger partial charge >= 0.3 is 5.97 Å². The zero-order valence-corrected chi connectivity index (χ0v) is 12.4. The maximum Gasteiger partial charge on any atom is 0.303 e. The molecule has 0 aromatic heterocycles. The smallest absolute Gasteiger partial charge is 0.303 e. The Morgan fingerprint density at radius 2 is 1.76 bits per heavy atom. The molecule has 0 aliphatic heterocycles. The summed E-state index contributed by atoms with van der Waals surface area (Å²) < 4.78 is 5.66. The highest BCUT2D eigenvalue weighted by molar-refractivity contribution is 5.81. The quantitative estimate of drug-likeness (QED) is 0.846. The summed E-state index contributed by atoms with van der Waals surface area (Å²) >= 11 is 0. The van der Waals surface area contributed by atoms with Crippen LogP contribution in [0.3, 0.4) is 0 Å². The van der Waals surface area contributed by atoms with E-state index in [0.29, 0.717) is 0 Å². The van der Waals surface area contributed by atoms with Gasteiger partial charge in [-0.2, -0.15) is 0 Å². The van der Waals surface area contributed by atoms with Gasteiger partial charge < -0.3 is 9.84 Å². The van der Waals surface area contributed by atoms with E-state index in [-0.39, 0.29) is 18.2 Å². The Balaban J connectivity index is 2.20. The molecule has 1 saturated carbocycles.